The van der Waals surface area contributed by atoms with Crippen LogP contribution in [0.1, 0.15) is 26.7 Å². The Morgan fingerprint density at radius 3 is 2.36 bits per heavy atom. The lowest BCUT2D eigenvalue weighted by Crippen LogP contribution is -2.15. The van der Waals surface area contributed by atoms with E-state index >= 15 is 0 Å². The van der Waals surface area contributed by atoms with Gasteiger partial charge in [-0.25, -0.2) is 0 Å². The van der Waals surface area contributed by atoms with Gasteiger partial charge in [-0.1, -0.05) is 13.8 Å². The number of carbonyl (C=O) groups is 1. The fraction of sp³-hybridized carbons (Fsp3) is 0.875. The third kappa shape index (κ3) is 5.85. The van der Waals surface area contributed by atoms with Crippen LogP contribution in [-0.4, -0.2) is 17.6 Å². The van der Waals surface area contributed by atoms with Crippen LogP contribution >= 0.6 is 0 Å². The Balaban J connectivity index is 3.51. The molecule has 0 aliphatic carbocycles. The minimum absolute atomic E-state index is 0.242. The van der Waals surface area contributed by atoms with Crippen LogP contribution in [0.15, 0.2) is 0 Å². The summed E-state index contributed by atoms with van der Waals surface area (Å²) in [7, 11) is 0. The van der Waals surface area contributed by atoms with Crippen molar-refractivity contribution in [3.05, 3.63) is 0 Å². The fourth-order valence-corrected chi connectivity index (χ4v) is 1.16. The van der Waals surface area contributed by atoms with Crippen molar-refractivity contribution < 1.29 is 9.90 Å². The molecule has 66 valence electrons. The van der Waals surface area contributed by atoms with E-state index in [0.29, 0.717) is 12.5 Å². The van der Waals surface area contributed by atoms with Gasteiger partial charge in [-0.3, -0.25) is 4.79 Å². The molecular formula is C8H17NO2. The number of nitrogens with two attached hydrogens (primary N) is 1. The summed E-state index contributed by atoms with van der Waals surface area (Å²) >= 11 is 0. The van der Waals surface area contributed by atoms with E-state index < -0.39 is 5.97 Å². The quantitative estimate of drug-likeness (QED) is 0.631. The summed E-state index contributed by atoms with van der Waals surface area (Å²) in [6.45, 7) is 4.63. The SMILES string of the molecule is CC(CN)CC(C)CC(=O)O. The van der Waals surface area contributed by atoms with E-state index in [9.17, 15) is 4.79 Å². The maximum Gasteiger partial charge on any atom is 0.303 e. The number of carboxylic acid groups (broad SMARTS) is 1. The molecule has 0 saturated carbocycles. The summed E-state index contributed by atoms with van der Waals surface area (Å²) < 4.78 is 0. The Morgan fingerprint density at radius 2 is 2.00 bits per heavy atom. The highest BCUT2D eigenvalue weighted by Crippen LogP contribution is 2.13. The topological polar surface area (TPSA) is 63.3 Å². The first kappa shape index (κ1) is 10.4. The van der Waals surface area contributed by atoms with E-state index in [4.69, 9.17) is 10.8 Å². The molecule has 0 aromatic heterocycles. The van der Waals surface area contributed by atoms with Crippen LogP contribution in [0.3, 0.4) is 0 Å². The average molecular weight is 159 g/mol. The van der Waals surface area contributed by atoms with E-state index in [2.05, 4.69) is 0 Å². The number of carboxylic acids is 1. The van der Waals surface area contributed by atoms with Gasteiger partial charge in [-0.05, 0) is 24.8 Å². The number of hydrogen-bond acceptors (Lipinski definition) is 2. The Bertz CT molecular complexity index is 125. The molecule has 2 atom stereocenters. The van der Waals surface area contributed by atoms with Crippen molar-refractivity contribution in [2.45, 2.75) is 26.7 Å². The maximum absolute atomic E-state index is 10.2. The van der Waals surface area contributed by atoms with Gasteiger partial charge in [-0.2, -0.15) is 0 Å². The molecule has 0 bridgehead atoms. The maximum atomic E-state index is 10.2. The van der Waals surface area contributed by atoms with Gasteiger partial charge >= 0.3 is 5.97 Å². The number of rotatable bonds is 5. The third-order valence-corrected chi connectivity index (χ3v) is 1.73. The highest BCUT2D eigenvalue weighted by atomic mass is 16.4. The van der Waals surface area contributed by atoms with Gasteiger partial charge in [-0.15, -0.1) is 0 Å². The molecule has 0 saturated heterocycles. The number of hydrogen-bond donors (Lipinski definition) is 2. The lowest BCUT2D eigenvalue weighted by Gasteiger charge is -2.12. The van der Waals surface area contributed by atoms with Crippen molar-refractivity contribution in [3.8, 4) is 0 Å². The van der Waals surface area contributed by atoms with Crippen molar-refractivity contribution >= 4 is 5.97 Å². The number of aliphatic carboxylic acids is 1. The minimum atomic E-state index is -0.721. The molecule has 11 heavy (non-hydrogen) atoms. The van der Waals surface area contributed by atoms with Gasteiger partial charge in [0.2, 0.25) is 0 Å². The first-order valence-electron chi connectivity index (χ1n) is 3.98. The summed E-state index contributed by atoms with van der Waals surface area (Å²) in [5.41, 5.74) is 5.40. The standard InChI is InChI=1S/C8H17NO2/c1-6(4-8(10)11)3-7(2)5-9/h6-7H,3-5,9H2,1-2H3,(H,10,11). The normalized spacial score (nSPS) is 15.9. The fourth-order valence-electron chi connectivity index (χ4n) is 1.16. The summed E-state index contributed by atoms with van der Waals surface area (Å²) in [4.78, 5) is 10.2. The molecule has 3 nitrogen and oxygen atoms in total. The van der Waals surface area contributed by atoms with Gasteiger partial charge < -0.3 is 10.8 Å². The van der Waals surface area contributed by atoms with Gasteiger partial charge in [0.1, 0.15) is 0 Å². The molecule has 3 N–H and O–H groups in total. The second kappa shape index (κ2) is 5.13. The average Bonchev–Trinajstić information content (AvgIpc) is 1.85. The van der Waals surface area contributed by atoms with E-state index in [-0.39, 0.29) is 12.3 Å². The monoisotopic (exact) mass is 159 g/mol. The molecule has 3 heteroatoms. The predicted octanol–water partition coefficient (Wildman–Crippen LogP) is 1.08. The second-order valence-electron chi connectivity index (χ2n) is 3.28. The van der Waals surface area contributed by atoms with Crippen LogP contribution < -0.4 is 5.73 Å². The van der Waals surface area contributed by atoms with Crippen molar-refractivity contribution in [2.75, 3.05) is 6.54 Å². The van der Waals surface area contributed by atoms with Gasteiger partial charge in [0.25, 0.3) is 0 Å². The van der Waals surface area contributed by atoms with Crippen molar-refractivity contribution in [3.63, 3.8) is 0 Å². The molecule has 0 fully saturated rings. The summed E-state index contributed by atoms with van der Waals surface area (Å²) in [5, 5.41) is 8.44. The predicted molar refractivity (Wildman–Crippen MR) is 44.3 cm³/mol. The van der Waals surface area contributed by atoms with Crippen LogP contribution in [0.5, 0.6) is 0 Å². The molecular weight excluding hydrogens is 142 g/mol. The highest BCUT2D eigenvalue weighted by molar-refractivity contribution is 5.66. The van der Waals surface area contributed by atoms with E-state index in [1.54, 1.807) is 0 Å². The van der Waals surface area contributed by atoms with Gasteiger partial charge in [0.15, 0.2) is 0 Å². The summed E-state index contributed by atoms with van der Waals surface area (Å²) in [6, 6.07) is 0. The lowest BCUT2D eigenvalue weighted by molar-refractivity contribution is -0.138. The molecule has 0 spiro atoms. The Morgan fingerprint density at radius 1 is 1.45 bits per heavy atom. The molecule has 0 aliphatic heterocycles. The first-order valence-corrected chi connectivity index (χ1v) is 3.98. The van der Waals surface area contributed by atoms with E-state index in [0.717, 1.165) is 6.42 Å². The zero-order chi connectivity index (χ0) is 8.85. The lowest BCUT2D eigenvalue weighted by atomic mass is 9.95. The van der Waals surface area contributed by atoms with Crippen LogP contribution in [0.2, 0.25) is 0 Å². The smallest absolute Gasteiger partial charge is 0.303 e. The molecule has 0 aromatic rings. The van der Waals surface area contributed by atoms with Crippen LogP contribution in [-0.2, 0) is 4.79 Å². The molecule has 2 unspecified atom stereocenters. The van der Waals surface area contributed by atoms with Crippen LogP contribution in [0.4, 0.5) is 0 Å². The van der Waals surface area contributed by atoms with Crippen molar-refractivity contribution in [1.29, 1.82) is 0 Å². The molecule has 0 aliphatic rings. The van der Waals surface area contributed by atoms with Crippen LogP contribution in [0.25, 0.3) is 0 Å². The minimum Gasteiger partial charge on any atom is -0.481 e. The van der Waals surface area contributed by atoms with Gasteiger partial charge in [0, 0.05) is 6.42 Å². The zero-order valence-corrected chi connectivity index (χ0v) is 7.21. The van der Waals surface area contributed by atoms with Gasteiger partial charge in [0.05, 0.1) is 0 Å². The van der Waals surface area contributed by atoms with E-state index in [1.807, 2.05) is 13.8 Å². The molecule has 0 radical (unpaired) electrons. The third-order valence-electron chi connectivity index (χ3n) is 1.73. The van der Waals surface area contributed by atoms with Crippen molar-refractivity contribution in [2.24, 2.45) is 17.6 Å². The van der Waals surface area contributed by atoms with Crippen molar-refractivity contribution in [1.82, 2.24) is 0 Å². The first-order chi connectivity index (χ1) is 5.06. The van der Waals surface area contributed by atoms with Crippen LogP contribution in [0, 0.1) is 11.8 Å². The largest absolute Gasteiger partial charge is 0.481 e. The highest BCUT2D eigenvalue weighted by Gasteiger charge is 2.10. The Labute approximate surface area is 67.6 Å². The second-order valence-corrected chi connectivity index (χ2v) is 3.28. The van der Waals surface area contributed by atoms with E-state index in [1.165, 1.54) is 0 Å². The molecule has 0 rings (SSSR count). The molecule has 0 amide bonds. The molecule has 0 aromatic carbocycles. The summed E-state index contributed by atoms with van der Waals surface area (Å²) in [5.74, 6) is -0.0443. The Kier molecular flexibility index (Phi) is 4.86. The Hall–Kier alpha value is -0.570. The summed E-state index contributed by atoms with van der Waals surface area (Å²) in [6.07, 6.45) is 1.16. The molecule has 0 heterocycles. The zero-order valence-electron chi connectivity index (χ0n) is 7.21.